The smallest absolute Gasteiger partial charge is 0.242 e. The number of ether oxygens (including phenoxy) is 1. The van der Waals surface area contributed by atoms with E-state index in [2.05, 4.69) is 5.32 Å². The van der Waals surface area contributed by atoms with Gasteiger partial charge in [-0.15, -0.1) is 0 Å². The van der Waals surface area contributed by atoms with Gasteiger partial charge in [0.25, 0.3) is 0 Å². The Morgan fingerprint density at radius 3 is 2.41 bits per heavy atom. The molecule has 39 heavy (non-hydrogen) atoms. The van der Waals surface area contributed by atoms with Crippen molar-refractivity contribution in [1.29, 1.82) is 0 Å². The maximum atomic E-state index is 13.5. The van der Waals surface area contributed by atoms with Crippen molar-refractivity contribution in [1.82, 2.24) is 10.2 Å². The zero-order valence-corrected chi connectivity index (χ0v) is 24.6. The summed E-state index contributed by atoms with van der Waals surface area (Å²) >= 11 is 6.17. The van der Waals surface area contributed by atoms with E-state index in [0.717, 1.165) is 37.5 Å². The molecular weight excluding hydrogens is 538 g/mol. The molecule has 0 saturated heterocycles. The number of carbonyl (C=O) groups is 2. The lowest BCUT2D eigenvalue weighted by Gasteiger charge is -2.31. The van der Waals surface area contributed by atoms with Gasteiger partial charge in [0.15, 0.2) is 0 Å². The zero-order valence-electron chi connectivity index (χ0n) is 23.1. The van der Waals surface area contributed by atoms with Crippen LogP contribution in [0.3, 0.4) is 0 Å². The van der Waals surface area contributed by atoms with Gasteiger partial charge in [-0.05, 0) is 75.1 Å². The quantitative estimate of drug-likeness (QED) is 0.355. The van der Waals surface area contributed by atoms with Gasteiger partial charge in [0.1, 0.15) is 11.8 Å². The van der Waals surface area contributed by atoms with E-state index in [4.69, 9.17) is 16.3 Å². The lowest BCUT2D eigenvalue weighted by atomic mass is 9.95. The number of halogens is 1. The average Bonchev–Trinajstić information content (AvgIpc) is 2.90. The van der Waals surface area contributed by atoms with Crippen molar-refractivity contribution in [3.63, 3.8) is 0 Å². The van der Waals surface area contributed by atoms with Gasteiger partial charge in [0.2, 0.25) is 21.8 Å². The van der Waals surface area contributed by atoms with Crippen molar-refractivity contribution in [3.8, 4) is 5.75 Å². The predicted octanol–water partition coefficient (Wildman–Crippen LogP) is 5.15. The molecule has 10 heteroatoms. The van der Waals surface area contributed by atoms with E-state index in [9.17, 15) is 18.0 Å². The lowest BCUT2D eigenvalue weighted by Crippen LogP contribution is -2.50. The maximum Gasteiger partial charge on any atom is 0.242 e. The van der Waals surface area contributed by atoms with Crippen LogP contribution in [0.1, 0.15) is 64.4 Å². The van der Waals surface area contributed by atoms with Crippen LogP contribution in [0.25, 0.3) is 0 Å². The van der Waals surface area contributed by atoms with Crippen molar-refractivity contribution >= 4 is 39.1 Å². The SMILES string of the molecule is CCOc1ccc(N(CCCC(=O)N(Cc2cccc(Cl)c2)[C@H](C)C(=O)NC2CCCCC2)S(C)(=O)=O)cc1. The van der Waals surface area contributed by atoms with Crippen LogP contribution in [-0.4, -0.2) is 56.6 Å². The van der Waals surface area contributed by atoms with Gasteiger partial charge in [-0.1, -0.05) is 43.0 Å². The molecule has 1 aliphatic rings. The topological polar surface area (TPSA) is 96.0 Å². The van der Waals surface area contributed by atoms with Gasteiger partial charge < -0.3 is 15.0 Å². The van der Waals surface area contributed by atoms with Gasteiger partial charge in [-0.2, -0.15) is 0 Å². The monoisotopic (exact) mass is 577 g/mol. The van der Waals surface area contributed by atoms with Gasteiger partial charge in [-0.3, -0.25) is 13.9 Å². The molecule has 1 aliphatic carbocycles. The van der Waals surface area contributed by atoms with Crippen molar-refractivity contribution in [2.75, 3.05) is 23.7 Å². The Hall–Kier alpha value is -2.78. The van der Waals surface area contributed by atoms with Crippen LogP contribution in [0.15, 0.2) is 48.5 Å². The summed E-state index contributed by atoms with van der Waals surface area (Å²) in [6, 6.07) is 13.5. The molecule has 0 aliphatic heterocycles. The van der Waals surface area contributed by atoms with E-state index in [1.165, 1.54) is 10.7 Å². The Labute approximate surface area is 237 Å². The van der Waals surface area contributed by atoms with Gasteiger partial charge in [0, 0.05) is 30.6 Å². The number of nitrogens with one attached hydrogen (secondary N) is 1. The third-order valence-electron chi connectivity index (χ3n) is 6.95. The fraction of sp³-hybridized carbons (Fsp3) is 0.517. The fourth-order valence-corrected chi connectivity index (χ4v) is 6.04. The Morgan fingerprint density at radius 1 is 1.10 bits per heavy atom. The van der Waals surface area contributed by atoms with E-state index < -0.39 is 16.1 Å². The second-order valence-corrected chi connectivity index (χ2v) is 12.4. The molecule has 0 spiro atoms. The summed E-state index contributed by atoms with van der Waals surface area (Å²) in [5.74, 6) is 0.257. The van der Waals surface area contributed by atoms with Gasteiger partial charge >= 0.3 is 0 Å². The summed E-state index contributed by atoms with van der Waals surface area (Å²) in [6.07, 6.45) is 6.80. The Balaban J connectivity index is 1.70. The molecule has 0 radical (unpaired) electrons. The van der Waals surface area contributed by atoms with Crippen molar-refractivity contribution in [2.24, 2.45) is 0 Å². The molecule has 1 saturated carbocycles. The highest BCUT2D eigenvalue weighted by molar-refractivity contribution is 7.92. The first-order valence-electron chi connectivity index (χ1n) is 13.6. The lowest BCUT2D eigenvalue weighted by molar-refractivity contribution is -0.141. The van der Waals surface area contributed by atoms with E-state index in [-0.39, 0.29) is 37.4 Å². The molecule has 1 atom stereocenters. The van der Waals surface area contributed by atoms with Crippen LogP contribution in [-0.2, 0) is 26.2 Å². The zero-order chi connectivity index (χ0) is 28.4. The number of nitrogens with zero attached hydrogens (tertiary/aromatic N) is 2. The fourth-order valence-electron chi connectivity index (χ4n) is 4.86. The summed E-state index contributed by atoms with van der Waals surface area (Å²) in [6.45, 7) is 4.49. The summed E-state index contributed by atoms with van der Waals surface area (Å²) in [4.78, 5) is 28.2. The molecule has 2 amide bonds. The molecule has 0 aromatic heterocycles. The van der Waals surface area contributed by atoms with E-state index in [1.807, 2.05) is 19.1 Å². The van der Waals surface area contributed by atoms with Crippen molar-refractivity contribution < 1.29 is 22.7 Å². The molecule has 0 bridgehead atoms. The number of hydrogen-bond acceptors (Lipinski definition) is 5. The minimum atomic E-state index is -3.57. The third kappa shape index (κ3) is 9.42. The van der Waals surface area contributed by atoms with Crippen LogP contribution in [0.4, 0.5) is 5.69 Å². The van der Waals surface area contributed by atoms with Crippen LogP contribution in [0, 0.1) is 0 Å². The summed E-state index contributed by atoms with van der Waals surface area (Å²) < 4.78 is 31.8. The standard InChI is InChI=1S/C29H40ClN3O5S/c1-4-38-27-17-15-26(16-18-27)33(39(3,36)37)19-9-14-28(34)32(21-23-10-8-11-24(30)20-23)22(2)29(35)31-25-12-6-5-7-13-25/h8,10-11,15-18,20,22,25H,4-7,9,12-14,19,21H2,1-3H3,(H,31,35)/t22-/m1/s1. The first kappa shape index (κ1) is 30.8. The number of rotatable bonds is 13. The number of amides is 2. The largest absolute Gasteiger partial charge is 0.494 e. The second kappa shape index (κ2) is 14.6. The highest BCUT2D eigenvalue weighted by atomic mass is 35.5. The van der Waals surface area contributed by atoms with Crippen LogP contribution in [0.5, 0.6) is 5.75 Å². The highest BCUT2D eigenvalue weighted by Crippen LogP contribution is 2.23. The molecule has 214 valence electrons. The normalized spacial score (nSPS) is 14.9. The maximum absolute atomic E-state index is 13.5. The molecule has 1 N–H and O–H groups in total. The summed E-state index contributed by atoms with van der Waals surface area (Å²) in [5, 5.41) is 3.68. The van der Waals surface area contributed by atoms with Crippen LogP contribution in [0.2, 0.25) is 5.02 Å². The minimum Gasteiger partial charge on any atom is -0.494 e. The number of carbonyl (C=O) groups excluding carboxylic acids is 2. The van der Waals surface area contributed by atoms with E-state index in [1.54, 1.807) is 48.2 Å². The Morgan fingerprint density at radius 2 is 1.79 bits per heavy atom. The van der Waals surface area contributed by atoms with Crippen molar-refractivity contribution in [3.05, 3.63) is 59.1 Å². The molecule has 2 aromatic rings. The third-order valence-corrected chi connectivity index (χ3v) is 8.38. The molecule has 2 aromatic carbocycles. The molecular formula is C29H40ClN3O5S. The first-order valence-corrected chi connectivity index (χ1v) is 15.9. The van der Waals surface area contributed by atoms with Gasteiger partial charge in [0.05, 0.1) is 18.6 Å². The Kier molecular flexibility index (Phi) is 11.5. The van der Waals surface area contributed by atoms with E-state index >= 15 is 0 Å². The second-order valence-electron chi connectivity index (χ2n) is 10.0. The minimum absolute atomic E-state index is 0.0880. The number of hydrogen-bond donors (Lipinski definition) is 1. The van der Waals surface area contributed by atoms with E-state index in [0.29, 0.717) is 29.5 Å². The molecule has 1 fully saturated rings. The number of benzene rings is 2. The molecule has 0 unspecified atom stereocenters. The predicted molar refractivity (Wildman–Crippen MR) is 156 cm³/mol. The first-order chi connectivity index (χ1) is 18.6. The highest BCUT2D eigenvalue weighted by Gasteiger charge is 2.28. The molecule has 0 heterocycles. The van der Waals surface area contributed by atoms with Crippen LogP contribution < -0.4 is 14.4 Å². The molecule has 8 nitrogen and oxygen atoms in total. The Bertz CT molecular complexity index is 1200. The number of anilines is 1. The summed E-state index contributed by atoms with van der Waals surface area (Å²) in [7, 11) is -3.57. The molecule has 3 rings (SSSR count). The van der Waals surface area contributed by atoms with Crippen molar-refractivity contribution in [2.45, 2.75) is 77.4 Å². The summed E-state index contributed by atoms with van der Waals surface area (Å²) in [5.41, 5.74) is 1.32. The average molecular weight is 578 g/mol. The number of sulfonamides is 1. The van der Waals surface area contributed by atoms with Crippen LogP contribution >= 0.6 is 11.6 Å². The van der Waals surface area contributed by atoms with Gasteiger partial charge in [-0.25, -0.2) is 8.42 Å².